The van der Waals surface area contributed by atoms with Crippen molar-refractivity contribution >= 4 is 11.9 Å². The van der Waals surface area contributed by atoms with Crippen LogP contribution >= 0.6 is 0 Å². The number of carbonyl (C=O) groups is 2. The van der Waals surface area contributed by atoms with Gasteiger partial charge < -0.3 is 9.84 Å². The molecule has 1 aromatic carbocycles. The number of benzene rings is 1. The van der Waals surface area contributed by atoms with Gasteiger partial charge in [0.25, 0.3) is 0 Å². The molecule has 1 aliphatic carbocycles. The van der Waals surface area contributed by atoms with Crippen molar-refractivity contribution in [2.45, 2.75) is 51.4 Å². The second kappa shape index (κ2) is 8.80. The fourth-order valence-corrected chi connectivity index (χ4v) is 3.30. The van der Waals surface area contributed by atoms with Crippen molar-refractivity contribution in [3.05, 3.63) is 64.5 Å². The number of aromatic nitrogens is 1. The van der Waals surface area contributed by atoms with Crippen molar-refractivity contribution in [1.29, 1.82) is 0 Å². The summed E-state index contributed by atoms with van der Waals surface area (Å²) in [6, 6.07) is 10.9. The Morgan fingerprint density at radius 1 is 1.15 bits per heavy atom. The third-order valence-corrected chi connectivity index (χ3v) is 4.78. The average Bonchev–Trinajstić information content (AvgIpc) is 3.49. The highest BCUT2D eigenvalue weighted by molar-refractivity contribution is 5.91. The topological polar surface area (TPSA) is 76.5 Å². The van der Waals surface area contributed by atoms with Crippen LogP contribution in [-0.4, -0.2) is 28.6 Å². The van der Waals surface area contributed by atoms with Gasteiger partial charge in [-0.2, -0.15) is 0 Å². The van der Waals surface area contributed by atoms with Crippen LogP contribution in [0.3, 0.4) is 0 Å². The van der Waals surface area contributed by atoms with Crippen LogP contribution in [0.4, 0.5) is 0 Å². The van der Waals surface area contributed by atoms with Crippen molar-refractivity contribution in [1.82, 2.24) is 4.98 Å². The van der Waals surface area contributed by atoms with Gasteiger partial charge in [-0.25, -0.2) is 9.59 Å². The normalized spacial score (nSPS) is 13.4. The van der Waals surface area contributed by atoms with E-state index in [4.69, 9.17) is 4.74 Å². The number of nitrogens with zero attached hydrogens (tertiary/aromatic N) is 1. The summed E-state index contributed by atoms with van der Waals surface area (Å²) in [7, 11) is 0. The zero-order valence-corrected chi connectivity index (χ0v) is 15.6. The Bertz CT molecular complexity index is 813. The Hall–Kier alpha value is -2.69. The number of carboxylic acids is 1. The molecule has 0 spiro atoms. The van der Waals surface area contributed by atoms with Crippen LogP contribution in [0.2, 0.25) is 0 Å². The van der Waals surface area contributed by atoms with Crippen LogP contribution in [0.25, 0.3) is 0 Å². The molecule has 1 N–H and O–H groups in total. The van der Waals surface area contributed by atoms with Crippen molar-refractivity contribution in [3.63, 3.8) is 0 Å². The van der Waals surface area contributed by atoms with Gasteiger partial charge in [0.15, 0.2) is 0 Å². The van der Waals surface area contributed by atoms with E-state index in [0.29, 0.717) is 35.8 Å². The summed E-state index contributed by atoms with van der Waals surface area (Å²) >= 11 is 0. The summed E-state index contributed by atoms with van der Waals surface area (Å²) in [5, 5.41) is 9.63. The van der Waals surface area contributed by atoms with E-state index < -0.39 is 5.97 Å². The average molecular weight is 367 g/mol. The standard InChI is InChI=1S/C22H25NO4/c1-15-14-18(16-11-12-16)20(21(24)25)19(23-15)10-6-3-7-13-27-22(26)17-8-4-2-5-9-17/h2,4-5,8-9,14,16H,3,6-7,10-13H2,1H3,(H,24,25). The number of carbonyl (C=O) groups excluding carboxylic acids is 1. The molecule has 2 aromatic rings. The first-order valence-electron chi connectivity index (χ1n) is 9.52. The number of aromatic carboxylic acids is 1. The lowest BCUT2D eigenvalue weighted by Gasteiger charge is -2.12. The first-order chi connectivity index (χ1) is 13.1. The number of carboxylic acid groups (broad SMARTS) is 1. The lowest BCUT2D eigenvalue weighted by atomic mass is 9.98. The molecular formula is C22H25NO4. The minimum absolute atomic E-state index is 0.307. The molecule has 0 atom stereocenters. The molecule has 0 bridgehead atoms. The Morgan fingerprint density at radius 2 is 1.89 bits per heavy atom. The van der Waals surface area contributed by atoms with Crippen LogP contribution in [-0.2, 0) is 11.2 Å². The molecule has 27 heavy (non-hydrogen) atoms. The predicted octanol–water partition coefficient (Wildman–Crippen LogP) is 4.54. The van der Waals surface area contributed by atoms with Gasteiger partial charge in [0.2, 0.25) is 0 Å². The van der Waals surface area contributed by atoms with Gasteiger partial charge in [-0.15, -0.1) is 0 Å². The first-order valence-corrected chi connectivity index (χ1v) is 9.52. The second-order valence-electron chi connectivity index (χ2n) is 7.07. The van der Waals surface area contributed by atoms with Gasteiger partial charge >= 0.3 is 11.9 Å². The number of ether oxygens (including phenoxy) is 1. The summed E-state index contributed by atoms with van der Waals surface area (Å²) in [5.74, 6) is -0.802. The smallest absolute Gasteiger partial charge is 0.338 e. The summed E-state index contributed by atoms with van der Waals surface area (Å²) in [6.45, 7) is 2.29. The molecule has 1 fully saturated rings. The van der Waals surface area contributed by atoms with Gasteiger partial charge in [-0.05, 0) is 75.1 Å². The van der Waals surface area contributed by atoms with Crippen LogP contribution in [0, 0.1) is 6.92 Å². The second-order valence-corrected chi connectivity index (χ2v) is 7.07. The Balaban J connectivity index is 1.48. The van der Waals surface area contributed by atoms with Gasteiger partial charge in [0.1, 0.15) is 0 Å². The molecular weight excluding hydrogens is 342 g/mol. The van der Waals surface area contributed by atoms with Crippen molar-refractivity contribution in [3.8, 4) is 0 Å². The highest BCUT2D eigenvalue weighted by Gasteiger charge is 2.30. The molecule has 5 nitrogen and oxygen atoms in total. The zero-order chi connectivity index (χ0) is 19.2. The minimum Gasteiger partial charge on any atom is -0.478 e. The maximum absolute atomic E-state index is 11.9. The predicted molar refractivity (Wildman–Crippen MR) is 102 cm³/mol. The molecule has 1 heterocycles. The molecule has 1 aliphatic rings. The quantitative estimate of drug-likeness (QED) is 0.520. The molecule has 1 aromatic heterocycles. The fourth-order valence-electron chi connectivity index (χ4n) is 3.30. The van der Waals surface area contributed by atoms with E-state index in [1.165, 1.54) is 0 Å². The summed E-state index contributed by atoms with van der Waals surface area (Å²) in [5.41, 5.74) is 3.47. The Labute approximate surface area is 159 Å². The van der Waals surface area contributed by atoms with Crippen LogP contribution < -0.4 is 0 Å². The molecule has 0 amide bonds. The highest BCUT2D eigenvalue weighted by atomic mass is 16.5. The van der Waals surface area contributed by atoms with Crippen molar-refractivity contribution in [2.24, 2.45) is 0 Å². The van der Waals surface area contributed by atoms with Gasteiger partial charge in [-0.3, -0.25) is 4.98 Å². The SMILES string of the molecule is Cc1cc(C2CC2)c(C(=O)O)c(CCCCCOC(=O)c2ccccc2)n1. The third-order valence-electron chi connectivity index (χ3n) is 4.78. The third kappa shape index (κ3) is 5.16. The number of hydrogen-bond donors (Lipinski definition) is 1. The monoisotopic (exact) mass is 367 g/mol. The fraction of sp³-hybridized carbons (Fsp3) is 0.409. The molecule has 3 rings (SSSR count). The molecule has 0 saturated heterocycles. The van der Waals surface area contributed by atoms with Crippen molar-refractivity contribution < 1.29 is 19.4 Å². The lowest BCUT2D eigenvalue weighted by molar-refractivity contribution is 0.0497. The molecule has 0 radical (unpaired) electrons. The number of unbranched alkanes of at least 4 members (excludes halogenated alkanes) is 2. The van der Waals surface area contributed by atoms with E-state index >= 15 is 0 Å². The van der Waals surface area contributed by atoms with E-state index in [2.05, 4.69) is 4.98 Å². The minimum atomic E-state index is -0.879. The summed E-state index contributed by atoms with van der Waals surface area (Å²) in [4.78, 5) is 28.1. The number of pyridine rings is 1. The largest absolute Gasteiger partial charge is 0.478 e. The van der Waals surface area contributed by atoms with E-state index in [-0.39, 0.29) is 5.97 Å². The summed E-state index contributed by atoms with van der Waals surface area (Å²) < 4.78 is 5.27. The zero-order valence-electron chi connectivity index (χ0n) is 15.6. The Morgan fingerprint density at radius 3 is 2.56 bits per heavy atom. The van der Waals surface area contributed by atoms with Gasteiger partial charge in [-0.1, -0.05) is 18.2 Å². The number of esters is 1. The van der Waals surface area contributed by atoms with Crippen molar-refractivity contribution in [2.75, 3.05) is 6.61 Å². The van der Waals surface area contributed by atoms with Crippen LogP contribution in [0.15, 0.2) is 36.4 Å². The van der Waals surface area contributed by atoms with Crippen LogP contribution in [0.1, 0.15) is 75.7 Å². The van der Waals surface area contributed by atoms with E-state index in [1.807, 2.05) is 19.1 Å². The number of rotatable bonds is 9. The molecule has 5 heteroatoms. The van der Waals surface area contributed by atoms with Gasteiger partial charge in [0, 0.05) is 5.69 Å². The van der Waals surface area contributed by atoms with E-state index in [1.54, 1.807) is 24.3 Å². The molecule has 0 unspecified atom stereocenters. The molecule has 0 aliphatic heterocycles. The molecule has 142 valence electrons. The number of aryl methyl sites for hydroxylation is 2. The van der Waals surface area contributed by atoms with Crippen LogP contribution in [0.5, 0.6) is 0 Å². The van der Waals surface area contributed by atoms with Gasteiger partial charge in [0.05, 0.1) is 23.4 Å². The maximum atomic E-state index is 11.9. The summed E-state index contributed by atoms with van der Waals surface area (Å²) in [6.07, 6.45) is 5.20. The number of hydrogen-bond acceptors (Lipinski definition) is 4. The maximum Gasteiger partial charge on any atom is 0.338 e. The van der Waals surface area contributed by atoms with E-state index in [9.17, 15) is 14.7 Å². The van der Waals surface area contributed by atoms with E-state index in [0.717, 1.165) is 43.4 Å². The molecule has 1 saturated carbocycles. The highest BCUT2D eigenvalue weighted by Crippen LogP contribution is 2.42. The first kappa shape index (κ1) is 19.1. The lowest BCUT2D eigenvalue weighted by Crippen LogP contribution is -2.11. The Kier molecular flexibility index (Phi) is 6.22.